The highest BCUT2D eigenvalue weighted by Gasteiger charge is 2.05. The molecule has 14 heavy (non-hydrogen) atoms. The molecule has 0 aliphatic rings. The minimum atomic E-state index is -0.877. The highest BCUT2D eigenvalue weighted by Crippen LogP contribution is 2.25. The van der Waals surface area contributed by atoms with Gasteiger partial charge in [0.15, 0.2) is 0 Å². The van der Waals surface area contributed by atoms with Gasteiger partial charge in [-0.05, 0) is 18.2 Å². The molecule has 0 saturated carbocycles. The van der Waals surface area contributed by atoms with Crippen LogP contribution in [0.15, 0.2) is 22.7 Å². The monoisotopic (exact) mass is 261 g/mol. The summed E-state index contributed by atoms with van der Waals surface area (Å²) in [5, 5.41) is 17.6. The van der Waals surface area contributed by atoms with Crippen molar-refractivity contribution in [3.8, 4) is 5.75 Å². The van der Waals surface area contributed by atoms with Gasteiger partial charge < -0.3 is 20.7 Å². The maximum atomic E-state index is 9.04. The van der Waals surface area contributed by atoms with E-state index in [1.807, 2.05) is 0 Å². The molecule has 0 bridgehead atoms. The Kier molecular flexibility index (Phi) is 4.19. The summed E-state index contributed by atoms with van der Waals surface area (Å²) < 4.78 is 6.05. The molecule has 0 heterocycles. The first-order chi connectivity index (χ1) is 6.63. The molecule has 1 atom stereocenters. The van der Waals surface area contributed by atoms with Crippen LogP contribution in [0, 0.1) is 0 Å². The molecule has 4 nitrogen and oxygen atoms in total. The Morgan fingerprint density at radius 3 is 2.79 bits per heavy atom. The number of nitrogens with two attached hydrogens (primary N) is 1. The zero-order chi connectivity index (χ0) is 10.6. The van der Waals surface area contributed by atoms with Crippen LogP contribution in [0.2, 0.25) is 0 Å². The van der Waals surface area contributed by atoms with Crippen LogP contribution in [0.25, 0.3) is 0 Å². The normalized spacial score (nSPS) is 12.5. The van der Waals surface area contributed by atoms with Gasteiger partial charge in [-0.2, -0.15) is 0 Å². The molecule has 1 aromatic rings. The fourth-order valence-corrected chi connectivity index (χ4v) is 1.27. The maximum absolute atomic E-state index is 9.04. The molecule has 0 aliphatic heterocycles. The average Bonchev–Trinajstić information content (AvgIpc) is 2.16. The van der Waals surface area contributed by atoms with E-state index in [0.717, 1.165) is 4.47 Å². The Morgan fingerprint density at radius 2 is 2.21 bits per heavy atom. The number of hydrogen-bond acceptors (Lipinski definition) is 4. The second-order valence-electron chi connectivity index (χ2n) is 2.83. The third-order valence-corrected chi connectivity index (χ3v) is 2.11. The van der Waals surface area contributed by atoms with Crippen molar-refractivity contribution in [2.75, 3.05) is 18.9 Å². The molecule has 0 fully saturated rings. The molecule has 0 radical (unpaired) electrons. The zero-order valence-corrected chi connectivity index (χ0v) is 9.07. The number of hydrogen-bond donors (Lipinski definition) is 3. The Balaban J connectivity index is 2.59. The van der Waals surface area contributed by atoms with Crippen molar-refractivity contribution < 1.29 is 14.9 Å². The third-order valence-electron chi connectivity index (χ3n) is 1.61. The number of halogens is 1. The van der Waals surface area contributed by atoms with Crippen molar-refractivity contribution in [3.63, 3.8) is 0 Å². The van der Waals surface area contributed by atoms with E-state index in [2.05, 4.69) is 15.9 Å². The predicted molar refractivity (Wildman–Crippen MR) is 57.1 cm³/mol. The van der Waals surface area contributed by atoms with Gasteiger partial charge >= 0.3 is 0 Å². The molecule has 1 aromatic carbocycles. The van der Waals surface area contributed by atoms with Crippen molar-refractivity contribution in [1.82, 2.24) is 0 Å². The van der Waals surface area contributed by atoms with Gasteiger partial charge in [-0.3, -0.25) is 0 Å². The first-order valence-electron chi connectivity index (χ1n) is 4.10. The number of rotatable bonds is 4. The molecule has 0 spiro atoms. The largest absolute Gasteiger partial charge is 0.489 e. The maximum Gasteiger partial charge on any atom is 0.142 e. The summed E-state index contributed by atoms with van der Waals surface area (Å²) >= 11 is 3.27. The topological polar surface area (TPSA) is 75.7 Å². The fourth-order valence-electron chi connectivity index (χ4n) is 0.889. The van der Waals surface area contributed by atoms with E-state index in [4.69, 9.17) is 20.7 Å². The SMILES string of the molecule is Nc1cc(Br)ccc1OCC(O)CO. The first-order valence-corrected chi connectivity index (χ1v) is 4.89. The summed E-state index contributed by atoms with van der Waals surface area (Å²) in [6, 6.07) is 5.20. The summed E-state index contributed by atoms with van der Waals surface area (Å²) in [5.74, 6) is 0.501. The van der Waals surface area contributed by atoms with E-state index in [1.54, 1.807) is 18.2 Å². The van der Waals surface area contributed by atoms with Crippen LogP contribution in [0.3, 0.4) is 0 Å². The van der Waals surface area contributed by atoms with E-state index in [1.165, 1.54) is 0 Å². The summed E-state index contributed by atoms with van der Waals surface area (Å²) in [6.07, 6.45) is -0.877. The Hall–Kier alpha value is -0.780. The molecule has 1 unspecified atom stereocenters. The summed E-state index contributed by atoms with van der Waals surface area (Å²) in [7, 11) is 0. The van der Waals surface area contributed by atoms with Gasteiger partial charge in [-0.25, -0.2) is 0 Å². The van der Waals surface area contributed by atoms with Crippen molar-refractivity contribution in [2.24, 2.45) is 0 Å². The molecule has 0 aliphatic carbocycles. The predicted octanol–water partition coefficient (Wildman–Crippen LogP) is 0.763. The molecule has 0 aromatic heterocycles. The first kappa shape index (κ1) is 11.3. The zero-order valence-electron chi connectivity index (χ0n) is 7.48. The lowest BCUT2D eigenvalue weighted by Crippen LogP contribution is -2.21. The van der Waals surface area contributed by atoms with Gasteiger partial charge in [0.1, 0.15) is 18.5 Å². The smallest absolute Gasteiger partial charge is 0.142 e. The summed E-state index contributed by atoms with van der Waals surface area (Å²) in [4.78, 5) is 0. The third kappa shape index (κ3) is 3.17. The van der Waals surface area contributed by atoms with E-state index in [-0.39, 0.29) is 13.2 Å². The standard InChI is InChI=1S/C9H12BrNO3/c10-6-1-2-9(8(11)3-6)14-5-7(13)4-12/h1-3,7,12-13H,4-5,11H2. The molecule has 78 valence electrons. The number of anilines is 1. The van der Waals surface area contributed by atoms with Crippen LogP contribution in [0.1, 0.15) is 0 Å². The average molecular weight is 262 g/mol. The molecular formula is C9H12BrNO3. The summed E-state index contributed by atoms with van der Waals surface area (Å²) in [5.41, 5.74) is 6.14. The van der Waals surface area contributed by atoms with E-state index in [0.29, 0.717) is 11.4 Å². The van der Waals surface area contributed by atoms with Crippen molar-refractivity contribution in [2.45, 2.75) is 6.10 Å². The molecule has 1 rings (SSSR count). The number of aliphatic hydroxyl groups is 2. The lowest BCUT2D eigenvalue weighted by molar-refractivity contribution is 0.0538. The lowest BCUT2D eigenvalue weighted by Gasteiger charge is -2.11. The molecule has 5 heteroatoms. The highest BCUT2D eigenvalue weighted by molar-refractivity contribution is 9.10. The summed E-state index contributed by atoms with van der Waals surface area (Å²) in [6.45, 7) is -0.293. The van der Waals surface area contributed by atoms with E-state index in [9.17, 15) is 0 Å². The number of benzene rings is 1. The quantitative estimate of drug-likeness (QED) is 0.700. The van der Waals surface area contributed by atoms with Crippen LogP contribution < -0.4 is 10.5 Å². The van der Waals surface area contributed by atoms with Gasteiger partial charge in [0.25, 0.3) is 0 Å². The molecule has 4 N–H and O–H groups in total. The van der Waals surface area contributed by atoms with Crippen molar-refractivity contribution in [1.29, 1.82) is 0 Å². The number of ether oxygens (including phenoxy) is 1. The van der Waals surface area contributed by atoms with E-state index < -0.39 is 6.10 Å². The van der Waals surface area contributed by atoms with Gasteiger partial charge in [0.05, 0.1) is 12.3 Å². The highest BCUT2D eigenvalue weighted by atomic mass is 79.9. The van der Waals surface area contributed by atoms with Crippen LogP contribution in [0.5, 0.6) is 5.75 Å². The van der Waals surface area contributed by atoms with E-state index >= 15 is 0 Å². The van der Waals surface area contributed by atoms with Crippen LogP contribution in [-0.2, 0) is 0 Å². The van der Waals surface area contributed by atoms with Gasteiger partial charge in [0.2, 0.25) is 0 Å². The van der Waals surface area contributed by atoms with Crippen molar-refractivity contribution >= 4 is 21.6 Å². The Morgan fingerprint density at radius 1 is 1.50 bits per heavy atom. The minimum Gasteiger partial charge on any atom is -0.489 e. The van der Waals surface area contributed by atoms with Gasteiger partial charge in [0, 0.05) is 4.47 Å². The molecule has 0 amide bonds. The lowest BCUT2D eigenvalue weighted by atomic mass is 10.3. The molecule has 0 saturated heterocycles. The van der Waals surface area contributed by atoms with Gasteiger partial charge in [-0.1, -0.05) is 15.9 Å². The van der Waals surface area contributed by atoms with Crippen molar-refractivity contribution in [3.05, 3.63) is 22.7 Å². The van der Waals surface area contributed by atoms with Gasteiger partial charge in [-0.15, -0.1) is 0 Å². The second-order valence-corrected chi connectivity index (χ2v) is 3.75. The minimum absolute atomic E-state index is 0.0301. The fraction of sp³-hybridized carbons (Fsp3) is 0.333. The van der Waals surface area contributed by atoms with Crippen LogP contribution in [0.4, 0.5) is 5.69 Å². The number of aliphatic hydroxyl groups excluding tert-OH is 2. The second kappa shape index (κ2) is 5.19. The molecular weight excluding hydrogens is 250 g/mol. The van der Waals surface area contributed by atoms with Crippen LogP contribution in [-0.4, -0.2) is 29.5 Å². The Labute approximate surface area is 90.4 Å². The van der Waals surface area contributed by atoms with Crippen LogP contribution >= 0.6 is 15.9 Å². The Bertz CT molecular complexity index is 306. The number of nitrogen functional groups attached to an aromatic ring is 1.